The molecular weight excluding hydrogens is 314 g/mol. The molecule has 2 aromatic carbocycles. The van der Waals surface area contributed by atoms with Crippen molar-refractivity contribution in [3.63, 3.8) is 0 Å². The largest absolute Gasteiger partial charge is 0.507 e. The van der Waals surface area contributed by atoms with E-state index in [2.05, 4.69) is 17.0 Å². The van der Waals surface area contributed by atoms with Gasteiger partial charge in [0.05, 0.1) is 12.7 Å². The number of benzene rings is 2. The lowest BCUT2D eigenvalue weighted by Crippen LogP contribution is -2.29. The Hall–Kier alpha value is -2.75. The Kier molecular flexibility index (Phi) is 5.39. The third-order valence-corrected chi connectivity index (χ3v) is 4.51. The number of anilines is 1. The van der Waals surface area contributed by atoms with Crippen molar-refractivity contribution in [2.45, 2.75) is 19.3 Å². The summed E-state index contributed by atoms with van der Waals surface area (Å²) in [6, 6.07) is 12.9. The van der Waals surface area contributed by atoms with Crippen LogP contribution in [0.25, 0.3) is 6.08 Å². The molecule has 1 aliphatic rings. The summed E-state index contributed by atoms with van der Waals surface area (Å²) in [5.74, 6) is 0.209. The third kappa shape index (κ3) is 4.21. The molecule has 1 saturated heterocycles. The number of phenolic OH excluding ortho intramolecular Hbond substituents is 1. The number of carbonyl (C=O) groups excluding carboxylic acids is 1. The number of aromatic hydroxyl groups is 1. The van der Waals surface area contributed by atoms with E-state index in [9.17, 15) is 9.90 Å². The highest BCUT2D eigenvalue weighted by atomic mass is 16.5. The minimum absolute atomic E-state index is 0.0746. The summed E-state index contributed by atoms with van der Waals surface area (Å²) in [6.45, 7) is 2.23. The number of rotatable bonds is 5. The van der Waals surface area contributed by atoms with Crippen LogP contribution in [0.3, 0.4) is 0 Å². The number of allylic oxidation sites excluding steroid dienone is 1. The Labute approximate surface area is 148 Å². The molecule has 3 rings (SSSR count). The van der Waals surface area contributed by atoms with E-state index in [1.807, 2.05) is 12.1 Å². The number of phenols is 1. The van der Waals surface area contributed by atoms with Crippen molar-refractivity contribution >= 4 is 17.5 Å². The van der Waals surface area contributed by atoms with Crippen LogP contribution in [0.4, 0.5) is 5.69 Å². The fourth-order valence-electron chi connectivity index (χ4n) is 3.06. The quantitative estimate of drug-likeness (QED) is 0.653. The summed E-state index contributed by atoms with van der Waals surface area (Å²) in [7, 11) is 1.52. The number of ether oxygens (including phenoxy) is 1. The Morgan fingerprint density at radius 2 is 1.80 bits per heavy atom. The molecule has 0 bridgehead atoms. The molecule has 1 N–H and O–H groups in total. The van der Waals surface area contributed by atoms with Crippen LogP contribution >= 0.6 is 0 Å². The Morgan fingerprint density at radius 1 is 1.08 bits per heavy atom. The lowest BCUT2D eigenvalue weighted by molar-refractivity contribution is 0.104. The van der Waals surface area contributed by atoms with Crippen molar-refractivity contribution in [3.05, 3.63) is 59.7 Å². The van der Waals surface area contributed by atoms with E-state index in [0.717, 1.165) is 18.7 Å². The van der Waals surface area contributed by atoms with Gasteiger partial charge in [0.1, 0.15) is 11.5 Å². The SMILES string of the molecule is COc1ccc(C(=O)C=Cc2ccc(N3CCCCC3)cc2)c(O)c1. The summed E-state index contributed by atoms with van der Waals surface area (Å²) in [4.78, 5) is 14.7. The molecule has 0 aromatic heterocycles. The Morgan fingerprint density at radius 3 is 2.44 bits per heavy atom. The second-order valence-electron chi connectivity index (χ2n) is 6.22. The van der Waals surface area contributed by atoms with Crippen molar-refractivity contribution < 1.29 is 14.6 Å². The maximum absolute atomic E-state index is 12.3. The minimum Gasteiger partial charge on any atom is -0.507 e. The monoisotopic (exact) mass is 337 g/mol. The molecule has 2 aromatic rings. The second-order valence-corrected chi connectivity index (χ2v) is 6.22. The summed E-state index contributed by atoms with van der Waals surface area (Å²) in [6.07, 6.45) is 7.07. The molecule has 4 nitrogen and oxygen atoms in total. The van der Waals surface area contributed by atoms with Crippen LogP contribution in [-0.4, -0.2) is 31.1 Å². The van der Waals surface area contributed by atoms with E-state index < -0.39 is 0 Å². The number of hydrogen-bond acceptors (Lipinski definition) is 4. The van der Waals surface area contributed by atoms with Gasteiger partial charge in [0, 0.05) is 24.8 Å². The first-order chi connectivity index (χ1) is 12.2. The number of ketones is 1. The van der Waals surface area contributed by atoms with Crippen molar-refractivity contribution in [1.82, 2.24) is 0 Å². The van der Waals surface area contributed by atoms with Gasteiger partial charge in [-0.25, -0.2) is 0 Å². The smallest absolute Gasteiger partial charge is 0.189 e. The van der Waals surface area contributed by atoms with Crippen LogP contribution in [-0.2, 0) is 0 Å². The van der Waals surface area contributed by atoms with Crippen molar-refractivity contribution in [3.8, 4) is 11.5 Å². The molecule has 1 aliphatic heterocycles. The van der Waals surface area contributed by atoms with Crippen molar-refractivity contribution in [2.24, 2.45) is 0 Å². The highest BCUT2D eigenvalue weighted by molar-refractivity contribution is 6.08. The predicted octanol–water partition coefficient (Wildman–Crippen LogP) is 4.29. The first-order valence-corrected chi connectivity index (χ1v) is 8.62. The van der Waals surface area contributed by atoms with Crippen molar-refractivity contribution in [1.29, 1.82) is 0 Å². The van der Waals surface area contributed by atoms with Gasteiger partial charge in [0.15, 0.2) is 5.78 Å². The molecule has 0 unspecified atom stereocenters. The van der Waals surface area contributed by atoms with Crippen LogP contribution in [0, 0.1) is 0 Å². The number of piperidine rings is 1. The fourth-order valence-corrected chi connectivity index (χ4v) is 3.06. The second kappa shape index (κ2) is 7.88. The molecule has 0 amide bonds. The van der Waals surface area contributed by atoms with Crippen LogP contribution in [0.1, 0.15) is 35.2 Å². The summed E-state index contributed by atoms with van der Waals surface area (Å²) < 4.78 is 5.03. The van der Waals surface area contributed by atoms with Gasteiger partial charge >= 0.3 is 0 Å². The third-order valence-electron chi connectivity index (χ3n) is 4.51. The van der Waals surface area contributed by atoms with Gasteiger partial charge < -0.3 is 14.7 Å². The number of carbonyl (C=O) groups is 1. The summed E-state index contributed by atoms with van der Waals surface area (Å²) in [5.41, 5.74) is 2.46. The zero-order valence-electron chi connectivity index (χ0n) is 14.4. The van der Waals surface area contributed by atoms with Gasteiger partial charge in [0.25, 0.3) is 0 Å². The van der Waals surface area contributed by atoms with Gasteiger partial charge in [0.2, 0.25) is 0 Å². The van der Waals surface area contributed by atoms with Gasteiger partial charge in [-0.2, -0.15) is 0 Å². The highest BCUT2D eigenvalue weighted by Crippen LogP contribution is 2.24. The molecule has 0 saturated carbocycles. The van der Waals surface area contributed by atoms with Gasteiger partial charge in [-0.1, -0.05) is 18.2 Å². The van der Waals surface area contributed by atoms with Crippen LogP contribution < -0.4 is 9.64 Å². The average molecular weight is 337 g/mol. The molecule has 130 valence electrons. The number of nitrogens with zero attached hydrogens (tertiary/aromatic N) is 1. The maximum Gasteiger partial charge on any atom is 0.189 e. The zero-order chi connectivity index (χ0) is 17.6. The maximum atomic E-state index is 12.3. The lowest BCUT2D eigenvalue weighted by Gasteiger charge is -2.28. The van der Waals surface area contributed by atoms with Gasteiger partial charge in [-0.15, -0.1) is 0 Å². The van der Waals surface area contributed by atoms with E-state index in [1.165, 1.54) is 44.2 Å². The molecule has 0 spiro atoms. The molecule has 25 heavy (non-hydrogen) atoms. The van der Waals surface area contributed by atoms with E-state index in [-0.39, 0.29) is 17.1 Å². The Balaban J connectivity index is 1.68. The standard InChI is InChI=1S/C21H23NO3/c1-25-18-10-11-19(21(24)15-18)20(23)12-7-16-5-8-17(9-6-16)22-13-3-2-4-14-22/h5-12,15,24H,2-4,13-14H2,1H3. The molecule has 0 aliphatic carbocycles. The lowest BCUT2D eigenvalue weighted by atomic mass is 10.1. The highest BCUT2D eigenvalue weighted by Gasteiger charge is 2.11. The average Bonchev–Trinajstić information content (AvgIpc) is 2.67. The van der Waals surface area contributed by atoms with E-state index in [0.29, 0.717) is 5.75 Å². The molecule has 4 heteroatoms. The van der Waals surface area contributed by atoms with Gasteiger partial charge in [-0.05, 0) is 55.2 Å². The molecule has 0 radical (unpaired) electrons. The van der Waals surface area contributed by atoms with Crippen molar-refractivity contribution in [2.75, 3.05) is 25.1 Å². The topological polar surface area (TPSA) is 49.8 Å². The van der Waals surface area contributed by atoms with E-state index in [1.54, 1.807) is 18.2 Å². The molecular formula is C21H23NO3. The van der Waals surface area contributed by atoms with Gasteiger partial charge in [-0.3, -0.25) is 4.79 Å². The minimum atomic E-state index is -0.236. The molecule has 0 atom stereocenters. The van der Waals surface area contributed by atoms with Crippen LogP contribution in [0.5, 0.6) is 11.5 Å². The first-order valence-electron chi connectivity index (χ1n) is 8.62. The van der Waals surface area contributed by atoms with Crippen LogP contribution in [0.15, 0.2) is 48.5 Å². The number of methoxy groups -OCH3 is 1. The fraction of sp³-hybridized carbons (Fsp3) is 0.286. The predicted molar refractivity (Wildman–Crippen MR) is 101 cm³/mol. The van der Waals surface area contributed by atoms with E-state index in [4.69, 9.17) is 4.74 Å². The number of hydrogen-bond donors (Lipinski definition) is 1. The zero-order valence-corrected chi connectivity index (χ0v) is 14.4. The molecule has 1 heterocycles. The summed E-state index contributed by atoms with van der Waals surface area (Å²) in [5, 5.41) is 9.93. The normalized spacial score (nSPS) is 14.7. The first kappa shape index (κ1) is 17.1. The molecule has 1 fully saturated rings. The Bertz CT molecular complexity index is 759. The van der Waals surface area contributed by atoms with Crippen LogP contribution in [0.2, 0.25) is 0 Å². The summed E-state index contributed by atoms with van der Waals surface area (Å²) >= 11 is 0. The van der Waals surface area contributed by atoms with E-state index >= 15 is 0 Å².